The molecule has 1 rings (SSSR count). The molecule has 0 saturated carbocycles. The largest absolute Gasteiger partial charge is 0 e. The Kier molecular flexibility index (Phi) is 52.1. The molecule has 0 unspecified atom stereocenters. The fourth-order valence-electron chi connectivity index (χ4n) is 1.11. The van der Waals surface area contributed by atoms with Crippen LogP contribution in [0.3, 0.4) is 0 Å². The van der Waals surface area contributed by atoms with E-state index < -0.39 is 0 Å². The number of ether oxygens (including phenoxy) is 2. The van der Waals surface area contributed by atoms with Gasteiger partial charge >= 0.3 is 45.2 Å². The van der Waals surface area contributed by atoms with Gasteiger partial charge in [0.15, 0.2) is 5.94 Å². The molecule has 0 N–H and O–H groups in total. The molecule has 0 atom stereocenters. The Balaban J connectivity index is -0.000000117. The summed E-state index contributed by atoms with van der Waals surface area (Å²) in [5.41, 5.74) is 1.07. The number of benzene rings is 1. The van der Waals surface area contributed by atoms with Crippen molar-refractivity contribution < 1.29 is 50.2 Å². The minimum absolute atomic E-state index is 0. The predicted molar refractivity (Wildman–Crippen MR) is 72.6 cm³/mol. The van der Waals surface area contributed by atoms with Crippen LogP contribution in [-0.2, 0) is 56.8 Å². The number of carbonyl (C=O) groups excluding carboxylic acids is 1. The second kappa shape index (κ2) is 37.3. The van der Waals surface area contributed by atoms with Crippen LogP contribution in [0.4, 0.5) is 0 Å². The number of hydrogen-bond acceptors (Lipinski definition) is 3. The summed E-state index contributed by atoms with van der Waals surface area (Å²) >= 11 is 0. The molecule has 1 aromatic carbocycles. The normalized spacial score (nSPS) is 6.21. The van der Waals surface area contributed by atoms with Gasteiger partial charge in [-0.05, 0) is 12.5 Å². The van der Waals surface area contributed by atoms with E-state index in [1.807, 2.05) is 37.3 Å². The zero-order chi connectivity index (χ0) is 18.9. The molecule has 24 heavy (non-hydrogen) atoms. The minimum Gasteiger partial charge on any atom is 0 e. The van der Waals surface area contributed by atoms with Crippen LogP contribution in [-0.4, -0.2) is 19.2 Å². The van der Waals surface area contributed by atoms with Gasteiger partial charge in [-0.3, -0.25) is 0 Å². The molecule has 0 heterocycles. The zero-order valence-corrected chi connectivity index (χ0v) is 14.0. The molecule has 0 amide bonds. The molecule has 0 radical (unpaired) electrons. The Labute approximate surface area is 151 Å². The summed E-state index contributed by atoms with van der Waals surface area (Å²) in [5, 5.41) is 0. The smallest absolute Gasteiger partial charge is 0 e. The van der Waals surface area contributed by atoms with Crippen LogP contribution in [0, 0.1) is 26.6 Å². The summed E-state index contributed by atoms with van der Waals surface area (Å²) in [6.45, 7) is 20.9. The van der Waals surface area contributed by atoms with Gasteiger partial charge < -0.3 is 9.47 Å². The Hall–Kier alpha value is -2.08. The van der Waals surface area contributed by atoms with Crippen LogP contribution < -0.4 is 0 Å². The zero-order valence-electron chi connectivity index (χ0n) is 12.8. The Morgan fingerprint density at radius 1 is 1.00 bits per heavy atom. The van der Waals surface area contributed by atoms with Crippen LogP contribution in [0.2, 0.25) is 0 Å². The maximum absolute atomic E-state index is 10.4. The summed E-state index contributed by atoms with van der Waals surface area (Å²) in [4.78, 5) is 10.4. The molecule has 0 aliphatic carbocycles. The molecule has 0 fully saturated rings. The standard InChI is InChI=1S/C12H14O3.4CO.Cr/c1-2-15-12(8-13)10-14-9-11-6-4-3-5-7-11;4*1-2;/h3-7H,2,9-10H2,1H3;;;;;. The Bertz CT molecular complexity index is 461. The fraction of sp³-hybridized carbons (Fsp3) is 0.250. The summed E-state index contributed by atoms with van der Waals surface area (Å²) in [5.74, 6) is 1.92. The van der Waals surface area contributed by atoms with Gasteiger partial charge in [-0.1, -0.05) is 30.3 Å². The molecule has 0 aliphatic heterocycles. The van der Waals surface area contributed by atoms with Crippen molar-refractivity contribution in [3.8, 4) is 0 Å². The molecule has 7 nitrogen and oxygen atoms in total. The number of rotatable bonds is 6. The van der Waals surface area contributed by atoms with Gasteiger partial charge in [0.25, 0.3) is 0 Å². The van der Waals surface area contributed by atoms with E-state index >= 15 is 0 Å². The van der Waals surface area contributed by atoms with Crippen molar-refractivity contribution in [1.29, 1.82) is 0 Å². The van der Waals surface area contributed by atoms with Crippen LogP contribution in [0.25, 0.3) is 0 Å². The first-order valence-electron chi connectivity index (χ1n) is 5.67. The van der Waals surface area contributed by atoms with Gasteiger partial charge in [-0.25, -0.2) is 4.79 Å². The van der Waals surface area contributed by atoms with Crippen molar-refractivity contribution in [1.82, 2.24) is 0 Å². The maximum Gasteiger partial charge on any atom is 0 e. The van der Waals surface area contributed by atoms with Crippen LogP contribution in [0.5, 0.6) is 0 Å². The second-order valence-corrected chi connectivity index (χ2v) is 2.94. The van der Waals surface area contributed by atoms with E-state index in [0.717, 1.165) is 5.56 Å². The third kappa shape index (κ3) is 24.9. The van der Waals surface area contributed by atoms with E-state index in [4.69, 9.17) is 28.1 Å². The monoisotopic (exact) mass is 370 g/mol. The number of hydrogen-bond donors (Lipinski definition) is 0. The molecule has 0 aliphatic rings. The quantitative estimate of drug-likeness (QED) is 0.329. The van der Waals surface area contributed by atoms with Gasteiger partial charge in [0.05, 0.1) is 13.2 Å². The van der Waals surface area contributed by atoms with E-state index in [1.54, 1.807) is 5.94 Å². The Morgan fingerprint density at radius 2 is 1.46 bits per heavy atom. The third-order valence-corrected chi connectivity index (χ3v) is 1.78. The summed E-state index contributed by atoms with van der Waals surface area (Å²) in [6.07, 6.45) is 0. The van der Waals surface area contributed by atoms with Crippen molar-refractivity contribution >= 4 is 5.94 Å². The van der Waals surface area contributed by atoms with E-state index in [0.29, 0.717) is 13.2 Å². The molecule has 126 valence electrons. The maximum atomic E-state index is 10.4. The second-order valence-electron chi connectivity index (χ2n) is 2.94. The SMILES string of the molecule is CCOC(=C=O)COCc1ccccc1.[C-]#[O+].[C-]#[O+].[C-]#[O+].[C-]#[O+].[Cr]. The van der Waals surface area contributed by atoms with Crippen molar-refractivity contribution in [2.75, 3.05) is 13.2 Å². The molecule has 1 aromatic rings. The van der Waals surface area contributed by atoms with E-state index in [-0.39, 0.29) is 29.7 Å². The molecular formula is C16H14CrO7. The van der Waals surface area contributed by atoms with Gasteiger partial charge in [-0.2, -0.15) is 0 Å². The van der Waals surface area contributed by atoms with Gasteiger partial charge in [0.2, 0.25) is 5.76 Å². The van der Waals surface area contributed by atoms with Gasteiger partial charge in [0, 0.05) is 17.4 Å². The molecule has 0 saturated heterocycles. The molecule has 0 aromatic heterocycles. The average molecular weight is 370 g/mol. The Morgan fingerprint density at radius 3 is 1.83 bits per heavy atom. The van der Waals surface area contributed by atoms with Crippen molar-refractivity contribution in [3.63, 3.8) is 0 Å². The summed E-state index contributed by atoms with van der Waals surface area (Å²) in [7, 11) is 0. The van der Waals surface area contributed by atoms with Crippen LogP contribution >= 0.6 is 0 Å². The van der Waals surface area contributed by atoms with Gasteiger partial charge in [0.1, 0.15) is 6.61 Å². The molecule has 0 spiro atoms. The van der Waals surface area contributed by atoms with Crippen LogP contribution in [0.15, 0.2) is 36.1 Å². The summed E-state index contributed by atoms with van der Waals surface area (Å²) in [6, 6.07) is 9.76. The first-order chi connectivity index (χ1) is 11.4. The van der Waals surface area contributed by atoms with E-state index in [2.05, 4.69) is 26.6 Å². The van der Waals surface area contributed by atoms with E-state index in [9.17, 15) is 4.79 Å². The third-order valence-electron chi connectivity index (χ3n) is 1.78. The molecule has 0 bridgehead atoms. The topological polar surface area (TPSA) is 115 Å². The van der Waals surface area contributed by atoms with Crippen molar-refractivity contribution in [3.05, 3.63) is 68.3 Å². The molecule has 8 heteroatoms. The first-order valence-corrected chi connectivity index (χ1v) is 5.67. The minimum atomic E-state index is 0. The van der Waals surface area contributed by atoms with Crippen molar-refractivity contribution in [2.45, 2.75) is 13.5 Å². The average Bonchev–Trinajstić information content (AvgIpc) is 2.68. The molecular weight excluding hydrogens is 356 g/mol. The van der Waals surface area contributed by atoms with Crippen LogP contribution in [0.1, 0.15) is 12.5 Å². The van der Waals surface area contributed by atoms with Crippen molar-refractivity contribution in [2.24, 2.45) is 0 Å². The first kappa shape index (κ1) is 33.5. The van der Waals surface area contributed by atoms with Gasteiger partial charge in [-0.15, -0.1) is 0 Å². The predicted octanol–water partition coefficient (Wildman–Crippen LogP) is 1.80. The van der Waals surface area contributed by atoms with E-state index in [1.165, 1.54) is 0 Å². The summed E-state index contributed by atoms with van der Waals surface area (Å²) < 4.78 is 40.3. The fourth-order valence-corrected chi connectivity index (χ4v) is 1.11.